The van der Waals surface area contributed by atoms with Crippen molar-refractivity contribution in [3.63, 3.8) is 0 Å². The smallest absolute Gasteiger partial charge is 0.274 e. The first-order valence-corrected chi connectivity index (χ1v) is 7.55. The molecule has 1 amide bonds. The number of amides is 1. The lowest BCUT2D eigenvalue weighted by Crippen LogP contribution is -2.45. The Labute approximate surface area is 129 Å². The van der Waals surface area contributed by atoms with Crippen molar-refractivity contribution in [1.29, 1.82) is 0 Å². The second-order valence-electron chi connectivity index (χ2n) is 5.69. The highest BCUT2D eigenvalue weighted by atomic mass is 16.2. The maximum Gasteiger partial charge on any atom is 0.274 e. The van der Waals surface area contributed by atoms with E-state index < -0.39 is 0 Å². The Balaban J connectivity index is 1.68. The lowest BCUT2D eigenvalue weighted by molar-refractivity contribution is 0.0454. The number of carbonyl (C=O) groups is 1. The zero-order valence-corrected chi connectivity index (χ0v) is 12.4. The Morgan fingerprint density at radius 1 is 1.14 bits per heavy atom. The van der Waals surface area contributed by atoms with E-state index in [1.807, 2.05) is 58.8 Å². The number of aryl methyl sites for hydroxylation is 1. The number of imidazole rings is 1. The Kier molecular flexibility index (Phi) is 2.96. The average Bonchev–Trinajstić information content (AvgIpc) is 2.85. The number of hydrogen-bond acceptors (Lipinski definition) is 2. The van der Waals surface area contributed by atoms with Gasteiger partial charge in [0.15, 0.2) is 0 Å². The molecule has 4 nitrogen and oxygen atoms in total. The van der Waals surface area contributed by atoms with Gasteiger partial charge in [0.25, 0.3) is 5.91 Å². The van der Waals surface area contributed by atoms with Crippen molar-refractivity contribution in [3.8, 4) is 0 Å². The summed E-state index contributed by atoms with van der Waals surface area (Å²) in [7, 11) is 0. The van der Waals surface area contributed by atoms with Gasteiger partial charge in [0.05, 0.1) is 11.7 Å². The van der Waals surface area contributed by atoms with Crippen LogP contribution < -0.4 is 0 Å². The van der Waals surface area contributed by atoms with Crippen LogP contribution in [0.1, 0.15) is 34.2 Å². The van der Waals surface area contributed by atoms with Gasteiger partial charge in [-0.25, -0.2) is 4.98 Å². The molecule has 1 aliphatic heterocycles. The van der Waals surface area contributed by atoms with Crippen LogP contribution in [0.4, 0.5) is 0 Å². The second kappa shape index (κ2) is 4.98. The largest absolute Gasteiger partial charge is 0.330 e. The van der Waals surface area contributed by atoms with Crippen molar-refractivity contribution in [1.82, 2.24) is 14.3 Å². The molecule has 0 bridgehead atoms. The van der Waals surface area contributed by atoms with Crippen LogP contribution in [-0.4, -0.2) is 26.7 Å². The van der Waals surface area contributed by atoms with E-state index in [-0.39, 0.29) is 11.9 Å². The van der Waals surface area contributed by atoms with Crippen molar-refractivity contribution < 1.29 is 4.79 Å². The summed E-state index contributed by atoms with van der Waals surface area (Å²) in [5, 5.41) is 0. The average molecular weight is 291 g/mol. The highest BCUT2D eigenvalue weighted by molar-refractivity contribution is 5.95. The van der Waals surface area contributed by atoms with Crippen LogP contribution >= 0.6 is 0 Å². The molecular formula is C18H17N3O. The van der Waals surface area contributed by atoms with E-state index in [1.165, 1.54) is 5.56 Å². The van der Waals surface area contributed by atoms with Crippen LogP contribution in [0.2, 0.25) is 0 Å². The van der Waals surface area contributed by atoms with Crippen LogP contribution in [0.5, 0.6) is 0 Å². The molecule has 22 heavy (non-hydrogen) atoms. The van der Waals surface area contributed by atoms with Gasteiger partial charge in [0, 0.05) is 12.7 Å². The van der Waals surface area contributed by atoms with Crippen LogP contribution in [0.25, 0.3) is 5.65 Å². The number of carbonyl (C=O) groups excluding carboxylic acids is 1. The molecule has 110 valence electrons. The third kappa shape index (κ3) is 1.91. The van der Waals surface area contributed by atoms with E-state index in [1.54, 1.807) is 0 Å². The molecule has 1 atom stereocenters. The Morgan fingerprint density at radius 3 is 2.59 bits per heavy atom. The fourth-order valence-corrected chi connectivity index (χ4v) is 3.11. The summed E-state index contributed by atoms with van der Waals surface area (Å²) < 4.78 is 1.96. The molecule has 1 fully saturated rings. The van der Waals surface area contributed by atoms with Crippen LogP contribution in [0.15, 0.2) is 54.7 Å². The van der Waals surface area contributed by atoms with Gasteiger partial charge in [0.2, 0.25) is 0 Å². The first-order chi connectivity index (χ1) is 10.8. The predicted molar refractivity (Wildman–Crippen MR) is 84.8 cm³/mol. The molecule has 0 radical (unpaired) electrons. The van der Waals surface area contributed by atoms with Crippen LogP contribution in [0, 0.1) is 6.92 Å². The summed E-state index contributed by atoms with van der Waals surface area (Å²) in [6.07, 6.45) is 2.96. The van der Waals surface area contributed by atoms with Gasteiger partial charge < -0.3 is 9.30 Å². The molecule has 3 aromatic rings. The molecule has 4 heteroatoms. The summed E-state index contributed by atoms with van der Waals surface area (Å²) in [6.45, 7) is 2.75. The first-order valence-electron chi connectivity index (χ1n) is 7.55. The summed E-state index contributed by atoms with van der Waals surface area (Å²) in [5.74, 6) is 0.0290. The number of aromatic nitrogens is 2. The highest BCUT2D eigenvalue weighted by Crippen LogP contribution is 2.34. The van der Waals surface area contributed by atoms with E-state index in [4.69, 9.17) is 0 Å². The number of hydrogen-bond donors (Lipinski definition) is 0. The number of nitrogens with zero attached hydrogens (tertiary/aromatic N) is 3. The number of benzene rings is 1. The van der Waals surface area contributed by atoms with Crippen LogP contribution in [0.3, 0.4) is 0 Å². The minimum atomic E-state index is 0.0290. The summed E-state index contributed by atoms with van der Waals surface area (Å²) in [6, 6.07) is 16.2. The van der Waals surface area contributed by atoms with Crippen molar-refractivity contribution in [2.75, 3.05) is 6.54 Å². The van der Waals surface area contributed by atoms with Gasteiger partial charge in [-0.3, -0.25) is 4.79 Å². The standard InChI is InChI=1S/C18H17N3O/c1-13-17(19-16-9-5-6-11-20(13)16)18(22)21-12-10-15(21)14-7-3-2-4-8-14/h2-9,11,15H,10,12H2,1H3. The van der Waals surface area contributed by atoms with Gasteiger partial charge in [0.1, 0.15) is 11.3 Å². The first kappa shape index (κ1) is 13.1. The number of fused-ring (bicyclic) bond motifs is 1. The third-order valence-electron chi connectivity index (χ3n) is 4.44. The molecule has 0 N–H and O–H groups in total. The minimum absolute atomic E-state index is 0.0290. The lowest BCUT2D eigenvalue weighted by atomic mass is 9.94. The van der Waals surface area contributed by atoms with E-state index in [0.717, 1.165) is 24.3 Å². The molecule has 3 heterocycles. The van der Waals surface area contributed by atoms with E-state index in [9.17, 15) is 4.79 Å². The SMILES string of the molecule is Cc1c(C(=O)N2CCC2c2ccccc2)nc2ccccn12. The van der Waals surface area contributed by atoms with Crippen molar-refractivity contribution in [3.05, 3.63) is 71.7 Å². The fraction of sp³-hybridized carbons (Fsp3) is 0.222. The maximum absolute atomic E-state index is 12.9. The van der Waals surface area contributed by atoms with Gasteiger partial charge in [-0.1, -0.05) is 36.4 Å². The van der Waals surface area contributed by atoms with E-state index in [0.29, 0.717) is 5.69 Å². The number of pyridine rings is 1. The quantitative estimate of drug-likeness (QED) is 0.727. The van der Waals surface area contributed by atoms with E-state index in [2.05, 4.69) is 17.1 Å². The van der Waals surface area contributed by atoms with Gasteiger partial charge in [-0.15, -0.1) is 0 Å². The van der Waals surface area contributed by atoms with Crippen molar-refractivity contribution in [2.24, 2.45) is 0 Å². The predicted octanol–water partition coefficient (Wildman–Crippen LogP) is 3.23. The number of rotatable bonds is 2. The second-order valence-corrected chi connectivity index (χ2v) is 5.69. The summed E-state index contributed by atoms with van der Waals surface area (Å²) >= 11 is 0. The fourth-order valence-electron chi connectivity index (χ4n) is 3.11. The zero-order valence-electron chi connectivity index (χ0n) is 12.4. The molecule has 4 rings (SSSR count). The Morgan fingerprint density at radius 2 is 1.91 bits per heavy atom. The third-order valence-corrected chi connectivity index (χ3v) is 4.44. The zero-order chi connectivity index (χ0) is 15.1. The molecule has 0 saturated carbocycles. The summed E-state index contributed by atoms with van der Waals surface area (Å²) in [5.41, 5.74) is 3.48. The highest BCUT2D eigenvalue weighted by Gasteiger charge is 2.35. The molecule has 1 unspecified atom stereocenters. The molecular weight excluding hydrogens is 274 g/mol. The molecule has 1 aromatic carbocycles. The molecule has 0 aliphatic carbocycles. The topological polar surface area (TPSA) is 37.6 Å². The van der Waals surface area contributed by atoms with Crippen LogP contribution in [-0.2, 0) is 0 Å². The van der Waals surface area contributed by atoms with E-state index >= 15 is 0 Å². The summed E-state index contributed by atoms with van der Waals surface area (Å²) in [4.78, 5) is 19.3. The lowest BCUT2D eigenvalue weighted by Gasteiger charge is -2.41. The maximum atomic E-state index is 12.9. The monoisotopic (exact) mass is 291 g/mol. The molecule has 0 spiro atoms. The Bertz CT molecular complexity index is 838. The van der Waals surface area contributed by atoms with Gasteiger partial charge >= 0.3 is 0 Å². The molecule has 2 aromatic heterocycles. The molecule has 1 aliphatic rings. The minimum Gasteiger partial charge on any atom is -0.330 e. The van der Waals surface area contributed by atoms with Gasteiger partial charge in [-0.2, -0.15) is 0 Å². The van der Waals surface area contributed by atoms with Crippen molar-refractivity contribution >= 4 is 11.6 Å². The normalized spacial score (nSPS) is 17.5. The number of likely N-dealkylation sites (tertiary alicyclic amines) is 1. The molecule has 1 saturated heterocycles. The Hall–Kier alpha value is -2.62. The van der Waals surface area contributed by atoms with Crippen molar-refractivity contribution in [2.45, 2.75) is 19.4 Å². The van der Waals surface area contributed by atoms with Gasteiger partial charge in [-0.05, 0) is 31.0 Å².